The van der Waals surface area contributed by atoms with Crippen LogP contribution in [0, 0.1) is 5.92 Å². The van der Waals surface area contributed by atoms with Gasteiger partial charge in [-0.15, -0.1) is 0 Å². The van der Waals surface area contributed by atoms with Crippen LogP contribution in [0.5, 0.6) is 0 Å². The molecule has 2 heteroatoms. The number of nitrogens with zero attached hydrogens (tertiary/aromatic N) is 1. The molecule has 1 rings (SSSR count). The SMILES string of the molecule is CC(C)NCCN1CCCC1C(C)C. The predicted octanol–water partition coefficient (Wildman–Crippen LogP) is 2.10. The summed E-state index contributed by atoms with van der Waals surface area (Å²) in [5.74, 6) is 0.816. The topological polar surface area (TPSA) is 15.3 Å². The fourth-order valence-corrected chi connectivity index (χ4v) is 2.38. The minimum atomic E-state index is 0.620. The summed E-state index contributed by atoms with van der Waals surface area (Å²) in [7, 11) is 0. The van der Waals surface area contributed by atoms with Gasteiger partial charge in [-0.3, -0.25) is 4.90 Å². The Labute approximate surface area is 89.1 Å². The largest absolute Gasteiger partial charge is 0.313 e. The molecule has 1 fully saturated rings. The summed E-state index contributed by atoms with van der Waals surface area (Å²) in [6.45, 7) is 12.8. The molecular formula is C12H26N2. The fraction of sp³-hybridized carbons (Fsp3) is 1.00. The molecule has 0 radical (unpaired) electrons. The molecule has 2 nitrogen and oxygen atoms in total. The molecule has 0 spiro atoms. The maximum absolute atomic E-state index is 3.49. The maximum atomic E-state index is 3.49. The Morgan fingerprint density at radius 2 is 2.00 bits per heavy atom. The van der Waals surface area contributed by atoms with E-state index >= 15 is 0 Å². The summed E-state index contributed by atoms with van der Waals surface area (Å²) in [6.07, 6.45) is 2.80. The van der Waals surface area contributed by atoms with Gasteiger partial charge in [0.25, 0.3) is 0 Å². The molecule has 1 aliphatic rings. The maximum Gasteiger partial charge on any atom is 0.0119 e. The summed E-state index contributed by atoms with van der Waals surface area (Å²) in [6, 6.07) is 1.46. The van der Waals surface area contributed by atoms with Gasteiger partial charge < -0.3 is 5.32 Å². The van der Waals surface area contributed by atoms with E-state index in [1.807, 2.05) is 0 Å². The predicted molar refractivity (Wildman–Crippen MR) is 62.6 cm³/mol. The minimum absolute atomic E-state index is 0.620. The molecule has 0 aromatic heterocycles. The van der Waals surface area contributed by atoms with Crippen LogP contribution in [-0.2, 0) is 0 Å². The fourth-order valence-electron chi connectivity index (χ4n) is 2.38. The van der Waals surface area contributed by atoms with Crippen molar-refractivity contribution in [3.63, 3.8) is 0 Å². The molecule has 1 aliphatic heterocycles. The number of nitrogens with one attached hydrogen (secondary N) is 1. The quantitative estimate of drug-likeness (QED) is 0.728. The van der Waals surface area contributed by atoms with Gasteiger partial charge in [0.15, 0.2) is 0 Å². The van der Waals surface area contributed by atoms with Crippen LogP contribution in [0.1, 0.15) is 40.5 Å². The van der Waals surface area contributed by atoms with Crippen molar-refractivity contribution >= 4 is 0 Å². The average Bonchev–Trinajstić information content (AvgIpc) is 2.51. The summed E-state index contributed by atoms with van der Waals surface area (Å²) in [4.78, 5) is 2.65. The zero-order chi connectivity index (χ0) is 10.6. The van der Waals surface area contributed by atoms with Crippen LogP contribution in [0.15, 0.2) is 0 Å². The zero-order valence-corrected chi connectivity index (χ0v) is 10.2. The lowest BCUT2D eigenvalue weighted by atomic mass is 10.0. The molecular weight excluding hydrogens is 172 g/mol. The Bertz CT molecular complexity index is 154. The van der Waals surface area contributed by atoms with Crippen molar-refractivity contribution in [2.45, 2.75) is 52.6 Å². The first-order valence-corrected chi connectivity index (χ1v) is 6.08. The van der Waals surface area contributed by atoms with Gasteiger partial charge in [-0.1, -0.05) is 27.7 Å². The first-order valence-electron chi connectivity index (χ1n) is 6.08. The molecule has 1 saturated heterocycles. The lowest BCUT2D eigenvalue weighted by Crippen LogP contribution is -2.39. The van der Waals surface area contributed by atoms with Crippen LogP contribution in [0.2, 0.25) is 0 Å². The van der Waals surface area contributed by atoms with Gasteiger partial charge in [-0.2, -0.15) is 0 Å². The van der Waals surface area contributed by atoms with E-state index in [2.05, 4.69) is 37.9 Å². The van der Waals surface area contributed by atoms with E-state index < -0.39 is 0 Å². The Kier molecular flexibility index (Phi) is 4.90. The Hall–Kier alpha value is -0.0800. The van der Waals surface area contributed by atoms with Crippen molar-refractivity contribution in [2.75, 3.05) is 19.6 Å². The highest BCUT2D eigenvalue weighted by molar-refractivity contribution is 4.81. The van der Waals surface area contributed by atoms with Crippen molar-refractivity contribution < 1.29 is 0 Å². The monoisotopic (exact) mass is 198 g/mol. The van der Waals surface area contributed by atoms with Gasteiger partial charge in [0.05, 0.1) is 0 Å². The van der Waals surface area contributed by atoms with Crippen LogP contribution < -0.4 is 5.32 Å². The minimum Gasteiger partial charge on any atom is -0.313 e. The van der Waals surface area contributed by atoms with E-state index in [1.54, 1.807) is 0 Å². The van der Waals surface area contributed by atoms with Crippen molar-refractivity contribution in [2.24, 2.45) is 5.92 Å². The Morgan fingerprint density at radius 1 is 1.29 bits per heavy atom. The smallest absolute Gasteiger partial charge is 0.0119 e. The third kappa shape index (κ3) is 3.58. The third-order valence-electron chi connectivity index (χ3n) is 3.14. The van der Waals surface area contributed by atoms with Crippen molar-refractivity contribution in [1.29, 1.82) is 0 Å². The highest BCUT2D eigenvalue weighted by atomic mass is 15.2. The van der Waals surface area contributed by atoms with Crippen LogP contribution in [-0.4, -0.2) is 36.6 Å². The Morgan fingerprint density at radius 3 is 2.57 bits per heavy atom. The molecule has 1 atom stereocenters. The van der Waals surface area contributed by atoms with Crippen molar-refractivity contribution in [1.82, 2.24) is 10.2 Å². The van der Waals surface area contributed by atoms with Crippen molar-refractivity contribution in [3.8, 4) is 0 Å². The summed E-state index contributed by atoms with van der Waals surface area (Å²) in [5.41, 5.74) is 0. The number of hydrogen-bond acceptors (Lipinski definition) is 2. The Balaban J connectivity index is 2.22. The van der Waals surface area contributed by atoms with E-state index in [0.717, 1.165) is 18.5 Å². The third-order valence-corrected chi connectivity index (χ3v) is 3.14. The molecule has 0 aromatic rings. The van der Waals surface area contributed by atoms with Crippen LogP contribution in [0.4, 0.5) is 0 Å². The molecule has 1 N–H and O–H groups in total. The molecule has 0 aromatic carbocycles. The van der Waals surface area contributed by atoms with Gasteiger partial charge >= 0.3 is 0 Å². The van der Waals surface area contributed by atoms with E-state index in [4.69, 9.17) is 0 Å². The van der Waals surface area contributed by atoms with Gasteiger partial charge in [0.2, 0.25) is 0 Å². The molecule has 0 aliphatic carbocycles. The van der Waals surface area contributed by atoms with Crippen LogP contribution in [0.3, 0.4) is 0 Å². The van der Waals surface area contributed by atoms with Crippen LogP contribution in [0.25, 0.3) is 0 Å². The lowest BCUT2D eigenvalue weighted by Gasteiger charge is -2.27. The van der Waals surface area contributed by atoms with E-state index in [0.29, 0.717) is 6.04 Å². The molecule has 1 unspecified atom stereocenters. The highest BCUT2D eigenvalue weighted by Gasteiger charge is 2.26. The van der Waals surface area contributed by atoms with Crippen molar-refractivity contribution in [3.05, 3.63) is 0 Å². The average molecular weight is 198 g/mol. The van der Waals surface area contributed by atoms with Gasteiger partial charge in [0, 0.05) is 25.2 Å². The van der Waals surface area contributed by atoms with E-state index in [1.165, 1.54) is 25.9 Å². The summed E-state index contributed by atoms with van der Waals surface area (Å²) in [5, 5.41) is 3.49. The molecule has 0 bridgehead atoms. The molecule has 1 heterocycles. The second-order valence-corrected chi connectivity index (χ2v) is 5.10. The second-order valence-electron chi connectivity index (χ2n) is 5.10. The summed E-state index contributed by atoms with van der Waals surface area (Å²) < 4.78 is 0. The highest BCUT2D eigenvalue weighted by Crippen LogP contribution is 2.22. The van der Waals surface area contributed by atoms with Crippen LogP contribution >= 0.6 is 0 Å². The first kappa shape index (κ1) is 12.0. The number of rotatable bonds is 5. The van der Waals surface area contributed by atoms with E-state index in [-0.39, 0.29) is 0 Å². The molecule has 14 heavy (non-hydrogen) atoms. The first-order chi connectivity index (χ1) is 6.61. The standard InChI is InChI=1S/C12H26N2/c1-10(2)12-6-5-8-14(12)9-7-13-11(3)4/h10-13H,5-9H2,1-4H3. The summed E-state index contributed by atoms with van der Waals surface area (Å²) >= 11 is 0. The number of hydrogen-bond donors (Lipinski definition) is 1. The van der Waals surface area contributed by atoms with Gasteiger partial charge in [-0.25, -0.2) is 0 Å². The van der Waals surface area contributed by atoms with Gasteiger partial charge in [-0.05, 0) is 25.3 Å². The molecule has 0 amide bonds. The normalized spacial score (nSPS) is 24.0. The lowest BCUT2D eigenvalue weighted by molar-refractivity contribution is 0.206. The van der Waals surface area contributed by atoms with E-state index in [9.17, 15) is 0 Å². The van der Waals surface area contributed by atoms with Gasteiger partial charge in [0.1, 0.15) is 0 Å². The second kappa shape index (κ2) is 5.72. The molecule has 0 saturated carbocycles. The zero-order valence-electron chi connectivity index (χ0n) is 10.2. The molecule has 84 valence electrons. The number of likely N-dealkylation sites (tertiary alicyclic amines) is 1.